The van der Waals surface area contributed by atoms with Gasteiger partial charge in [-0.25, -0.2) is 15.8 Å². The van der Waals surface area contributed by atoms with E-state index < -0.39 is 5.82 Å². The number of nitrogens with two attached hydrogens (primary N) is 3. The van der Waals surface area contributed by atoms with Gasteiger partial charge in [0.25, 0.3) is 0 Å². The number of rotatable bonds is 2. The molecule has 1 aromatic carbocycles. The van der Waals surface area contributed by atoms with Crippen LogP contribution in [0.5, 0.6) is 0 Å². The van der Waals surface area contributed by atoms with Gasteiger partial charge in [0.1, 0.15) is 5.82 Å². The third kappa shape index (κ3) is 1.91. The predicted octanol–water partition coefficient (Wildman–Crippen LogP) is -0.200. The van der Waals surface area contributed by atoms with E-state index in [4.69, 9.17) is 17.3 Å². The Morgan fingerprint density at radius 3 is 2.71 bits per heavy atom. The second-order valence-corrected chi connectivity index (χ2v) is 2.81. The van der Waals surface area contributed by atoms with Crippen molar-refractivity contribution in [2.45, 2.75) is 6.92 Å². The first-order chi connectivity index (χ1) is 6.56. The van der Waals surface area contributed by atoms with E-state index in [2.05, 4.69) is 5.10 Å². The maximum atomic E-state index is 13.3. The molecule has 0 heterocycles. The standard InChI is InChI=1S/C8H12FN5/c1-4-2-6(9)5(3-7(4)10)8(11)13-14-12/h2-3,14H,10,12H2,1H3,(H2,11,13). The summed E-state index contributed by atoms with van der Waals surface area (Å²) in [7, 11) is 0. The summed E-state index contributed by atoms with van der Waals surface area (Å²) in [6.45, 7) is 1.71. The summed E-state index contributed by atoms with van der Waals surface area (Å²) in [5.41, 5.74) is 14.3. The van der Waals surface area contributed by atoms with Gasteiger partial charge in [-0.3, -0.25) is 0 Å². The SMILES string of the molecule is Cc1cc(F)c(/C(N)=N/NN)cc1N. The van der Waals surface area contributed by atoms with Crippen LogP contribution in [-0.4, -0.2) is 5.84 Å². The summed E-state index contributed by atoms with van der Waals surface area (Å²) in [6, 6.07) is 2.71. The van der Waals surface area contributed by atoms with Crippen LogP contribution in [0.15, 0.2) is 17.2 Å². The number of hydrazine groups is 1. The number of hydrogen-bond acceptors (Lipinski definition) is 4. The number of amidine groups is 1. The molecule has 0 radical (unpaired) electrons. The van der Waals surface area contributed by atoms with Crippen LogP contribution in [0.3, 0.4) is 0 Å². The van der Waals surface area contributed by atoms with Gasteiger partial charge in [0.05, 0.1) is 5.56 Å². The average Bonchev–Trinajstić information content (AvgIpc) is 2.11. The smallest absolute Gasteiger partial charge is 0.155 e. The van der Waals surface area contributed by atoms with E-state index in [0.717, 1.165) is 0 Å². The van der Waals surface area contributed by atoms with Crippen LogP contribution in [0.1, 0.15) is 11.1 Å². The molecule has 0 unspecified atom stereocenters. The largest absolute Gasteiger partial charge is 0.398 e. The van der Waals surface area contributed by atoms with Crippen LogP contribution in [-0.2, 0) is 0 Å². The molecule has 0 aliphatic heterocycles. The molecule has 76 valence electrons. The second-order valence-electron chi connectivity index (χ2n) is 2.81. The maximum absolute atomic E-state index is 13.3. The highest BCUT2D eigenvalue weighted by Crippen LogP contribution is 2.16. The van der Waals surface area contributed by atoms with Crippen molar-refractivity contribution >= 4 is 11.5 Å². The minimum absolute atomic E-state index is 0.0447. The molecule has 0 aliphatic carbocycles. The molecule has 0 bridgehead atoms. The van der Waals surface area contributed by atoms with Gasteiger partial charge in [-0.2, -0.15) is 0 Å². The zero-order valence-corrected chi connectivity index (χ0v) is 7.71. The lowest BCUT2D eigenvalue weighted by Gasteiger charge is -2.06. The summed E-state index contributed by atoms with van der Waals surface area (Å²) < 4.78 is 13.3. The van der Waals surface area contributed by atoms with Gasteiger partial charge in [-0.05, 0) is 24.6 Å². The van der Waals surface area contributed by atoms with Crippen molar-refractivity contribution in [1.82, 2.24) is 5.53 Å². The normalized spacial score (nSPS) is 11.5. The molecule has 0 amide bonds. The topological polar surface area (TPSA) is 102 Å². The van der Waals surface area contributed by atoms with Gasteiger partial charge in [0, 0.05) is 5.69 Å². The Bertz CT molecular complexity index is 374. The molecule has 0 saturated heterocycles. The Kier molecular flexibility index (Phi) is 2.88. The Labute approximate surface area is 80.7 Å². The quantitative estimate of drug-likeness (QED) is 0.173. The zero-order valence-electron chi connectivity index (χ0n) is 7.71. The highest BCUT2D eigenvalue weighted by Gasteiger charge is 2.08. The number of nitrogen functional groups attached to an aromatic ring is 1. The predicted molar refractivity (Wildman–Crippen MR) is 53.6 cm³/mol. The maximum Gasteiger partial charge on any atom is 0.155 e. The van der Waals surface area contributed by atoms with Crippen molar-refractivity contribution in [3.63, 3.8) is 0 Å². The van der Waals surface area contributed by atoms with Crippen LogP contribution in [0, 0.1) is 12.7 Å². The van der Waals surface area contributed by atoms with Crippen LogP contribution < -0.4 is 22.8 Å². The zero-order chi connectivity index (χ0) is 10.7. The molecule has 7 N–H and O–H groups in total. The number of hydrazone groups is 1. The Morgan fingerprint density at radius 2 is 2.14 bits per heavy atom. The Balaban J connectivity index is 3.22. The Morgan fingerprint density at radius 1 is 1.50 bits per heavy atom. The fourth-order valence-electron chi connectivity index (χ4n) is 1.02. The van der Waals surface area contributed by atoms with Gasteiger partial charge >= 0.3 is 0 Å². The third-order valence-corrected chi connectivity index (χ3v) is 1.82. The average molecular weight is 197 g/mol. The number of aryl methyl sites for hydroxylation is 1. The van der Waals surface area contributed by atoms with Gasteiger partial charge in [-0.1, -0.05) is 0 Å². The summed E-state index contributed by atoms with van der Waals surface area (Å²) in [5, 5.41) is 3.45. The van der Waals surface area contributed by atoms with Gasteiger partial charge in [0.2, 0.25) is 0 Å². The van der Waals surface area contributed by atoms with Crippen molar-refractivity contribution in [3.8, 4) is 0 Å². The first-order valence-corrected chi connectivity index (χ1v) is 3.91. The summed E-state index contributed by atoms with van der Waals surface area (Å²) in [6.07, 6.45) is 0. The highest BCUT2D eigenvalue weighted by atomic mass is 19.1. The van der Waals surface area contributed by atoms with E-state index in [-0.39, 0.29) is 11.4 Å². The molecule has 1 aromatic rings. The third-order valence-electron chi connectivity index (χ3n) is 1.82. The molecule has 0 spiro atoms. The molecule has 0 atom stereocenters. The van der Waals surface area contributed by atoms with E-state index >= 15 is 0 Å². The van der Waals surface area contributed by atoms with Crippen LogP contribution >= 0.6 is 0 Å². The summed E-state index contributed by atoms with van der Waals surface area (Å²) >= 11 is 0. The first kappa shape index (κ1) is 10.3. The van der Waals surface area contributed by atoms with E-state index in [9.17, 15) is 4.39 Å². The number of nitrogens with one attached hydrogen (secondary N) is 1. The van der Waals surface area contributed by atoms with Gasteiger partial charge in [-0.15, -0.1) is 5.10 Å². The van der Waals surface area contributed by atoms with Crippen LogP contribution in [0.4, 0.5) is 10.1 Å². The fraction of sp³-hybridized carbons (Fsp3) is 0.125. The Hall–Kier alpha value is -1.82. The fourth-order valence-corrected chi connectivity index (χ4v) is 1.02. The lowest BCUT2D eigenvalue weighted by Crippen LogP contribution is -2.24. The number of halogens is 1. The number of nitrogens with zero attached hydrogens (tertiary/aromatic N) is 1. The molecule has 5 nitrogen and oxygen atoms in total. The molecule has 14 heavy (non-hydrogen) atoms. The molecule has 1 rings (SSSR count). The van der Waals surface area contributed by atoms with Gasteiger partial charge < -0.3 is 11.5 Å². The first-order valence-electron chi connectivity index (χ1n) is 3.91. The molecule has 0 fully saturated rings. The lowest BCUT2D eigenvalue weighted by atomic mass is 10.1. The van der Waals surface area contributed by atoms with Crippen LogP contribution in [0.25, 0.3) is 0 Å². The van der Waals surface area contributed by atoms with Crippen molar-refractivity contribution in [3.05, 3.63) is 29.1 Å². The van der Waals surface area contributed by atoms with Gasteiger partial charge in [0.15, 0.2) is 5.84 Å². The molecule has 0 aliphatic rings. The lowest BCUT2D eigenvalue weighted by molar-refractivity contribution is 0.623. The number of anilines is 1. The molecule has 6 heteroatoms. The van der Waals surface area contributed by atoms with Crippen LogP contribution in [0.2, 0.25) is 0 Å². The van der Waals surface area contributed by atoms with Crippen molar-refractivity contribution in [1.29, 1.82) is 0 Å². The number of hydrogen-bond donors (Lipinski definition) is 4. The second kappa shape index (κ2) is 3.93. The van der Waals surface area contributed by atoms with E-state index in [1.807, 2.05) is 5.53 Å². The molecular formula is C8H12FN5. The van der Waals surface area contributed by atoms with Crippen molar-refractivity contribution in [2.75, 3.05) is 5.73 Å². The number of benzene rings is 1. The van der Waals surface area contributed by atoms with E-state index in [1.54, 1.807) is 6.92 Å². The monoisotopic (exact) mass is 197 g/mol. The van der Waals surface area contributed by atoms with E-state index in [1.165, 1.54) is 12.1 Å². The van der Waals surface area contributed by atoms with Crippen molar-refractivity contribution < 1.29 is 4.39 Å². The van der Waals surface area contributed by atoms with E-state index in [0.29, 0.717) is 11.3 Å². The molecule has 0 aromatic heterocycles. The summed E-state index contributed by atoms with van der Waals surface area (Å²) in [4.78, 5) is 0. The summed E-state index contributed by atoms with van der Waals surface area (Å²) in [5.74, 6) is 4.39. The molecule has 0 saturated carbocycles. The minimum Gasteiger partial charge on any atom is -0.398 e. The molecular weight excluding hydrogens is 185 g/mol. The highest BCUT2D eigenvalue weighted by molar-refractivity contribution is 5.98. The van der Waals surface area contributed by atoms with Crippen molar-refractivity contribution in [2.24, 2.45) is 16.7 Å². The minimum atomic E-state index is -0.479.